The number of carbonyl (C=O) groups excluding carboxylic acids is 2. The van der Waals surface area contributed by atoms with E-state index in [4.69, 9.17) is 4.98 Å². The maximum Gasteiger partial charge on any atom is 0.389 e. The Hall–Kier alpha value is -2.84. The van der Waals surface area contributed by atoms with E-state index in [9.17, 15) is 22.8 Å². The molecule has 2 aliphatic carbocycles. The van der Waals surface area contributed by atoms with Gasteiger partial charge in [-0.1, -0.05) is 25.1 Å². The van der Waals surface area contributed by atoms with Crippen LogP contribution in [0.25, 0.3) is 0 Å². The van der Waals surface area contributed by atoms with Gasteiger partial charge in [0.15, 0.2) is 0 Å². The van der Waals surface area contributed by atoms with E-state index in [-0.39, 0.29) is 36.7 Å². The summed E-state index contributed by atoms with van der Waals surface area (Å²) in [5.74, 6) is 0.739. The van der Waals surface area contributed by atoms with Crippen molar-refractivity contribution >= 4 is 17.5 Å². The largest absolute Gasteiger partial charge is 0.389 e. The summed E-state index contributed by atoms with van der Waals surface area (Å²) in [7, 11) is 0. The topological polar surface area (TPSA) is 58.4 Å². The number of anilines is 1. The van der Waals surface area contributed by atoms with Crippen LogP contribution < -0.4 is 4.90 Å². The van der Waals surface area contributed by atoms with Gasteiger partial charge in [-0.3, -0.25) is 9.59 Å². The minimum atomic E-state index is -4.19. The molecule has 1 aromatic heterocycles. The number of alkyl halides is 3. The Bertz CT molecular complexity index is 1220. The molecule has 2 fully saturated rings. The van der Waals surface area contributed by atoms with Crippen molar-refractivity contribution in [2.45, 2.75) is 83.0 Å². The molecule has 0 atom stereocenters. The highest BCUT2D eigenvalue weighted by atomic mass is 19.4. The minimum Gasteiger partial charge on any atom is -0.339 e. The van der Waals surface area contributed by atoms with Gasteiger partial charge >= 0.3 is 6.18 Å². The fourth-order valence-corrected chi connectivity index (χ4v) is 6.21. The molecule has 4 aliphatic rings. The quantitative estimate of drug-likeness (QED) is 0.586. The molecular weight excluding hydrogens is 469 g/mol. The first-order valence-corrected chi connectivity index (χ1v) is 13.0. The second-order valence-corrected chi connectivity index (χ2v) is 11.2. The van der Waals surface area contributed by atoms with E-state index >= 15 is 0 Å². The predicted octanol–water partition coefficient (Wildman–Crippen LogP) is 4.53. The predicted molar refractivity (Wildman–Crippen MR) is 127 cm³/mol. The second kappa shape index (κ2) is 8.08. The van der Waals surface area contributed by atoms with Crippen molar-refractivity contribution in [3.8, 4) is 0 Å². The van der Waals surface area contributed by atoms with Gasteiger partial charge in [0.1, 0.15) is 11.2 Å². The smallest absolute Gasteiger partial charge is 0.339 e. The summed E-state index contributed by atoms with van der Waals surface area (Å²) in [6.45, 7) is 3.21. The number of carbonyl (C=O) groups is 2. The van der Waals surface area contributed by atoms with Crippen LogP contribution in [0.1, 0.15) is 68.2 Å². The Balaban J connectivity index is 1.28. The summed E-state index contributed by atoms with van der Waals surface area (Å²) in [6.07, 6.45) is 0.388. The maximum atomic E-state index is 13.9. The molecule has 2 aromatic rings. The van der Waals surface area contributed by atoms with Crippen LogP contribution >= 0.6 is 0 Å². The molecule has 0 N–H and O–H groups in total. The Morgan fingerprint density at radius 2 is 1.83 bits per heavy atom. The van der Waals surface area contributed by atoms with Crippen molar-refractivity contribution in [2.24, 2.45) is 5.41 Å². The molecule has 6 nitrogen and oxygen atoms in total. The van der Waals surface area contributed by atoms with Crippen molar-refractivity contribution in [1.82, 2.24) is 14.5 Å². The Morgan fingerprint density at radius 1 is 1.11 bits per heavy atom. The van der Waals surface area contributed by atoms with Gasteiger partial charge in [0.2, 0.25) is 11.8 Å². The van der Waals surface area contributed by atoms with Crippen LogP contribution in [0.15, 0.2) is 24.3 Å². The number of amides is 2. The van der Waals surface area contributed by atoms with Crippen molar-refractivity contribution in [3.63, 3.8) is 0 Å². The van der Waals surface area contributed by atoms with Crippen LogP contribution in [-0.4, -0.2) is 45.5 Å². The highest BCUT2D eigenvalue weighted by Crippen LogP contribution is 2.52. The molecule has 3 heterocycles. The highest BCUT2D eigenvalue weighted by Gasteiger charge is 2.61. The average molecular weight is 501 g/mol. The van der Waals surface area contributed by atoms with Crippen LogP contribution in [-0.2, 0) is 40.9 Å². The lowest BCUT2D eigenvalue weighted by atomic mass is 9.74. The van der Waals surface area contributed by atoms with Crippen molar-refractivity contribution in [1.29, 1.82) is 0 Å². The first kappa shape index (κ1) is 23.6. The average Bonchev–Trinajstić information content (AvgIpc) is 3.40. The fourth-order valence-electron chi connectivity index (χ4n) is 6.21. The first-order chi connectivity index (χ1) is 17.1. The molecule has 1 spiro atoms. The highest BCUT2D eigenvalue weighted by molar-refractivity contribution is 6.10. The van der Waals surface area contributed by atoms with Crippen LogP contribution in [0, 0.1) is 5.41 Å². The summed E-state index contributed by atoms with van der Waals surface area (Å²) >= 11 is 0. The van der Waals surface area contributed by atoms with Gasteiger partial charge in [-0.25, -0.2) is 4.98 Å². The molecule has 2 amide bonds. The molecule has 1 aromatic carbocycles. The molecular formula is C27H31F3N4O2. The molecule has 1 saturated carbocycles. The SMILES string of the molecule is CC1(C(=O)N2CC3(C2)C(=O)N(Cc2nc4c(n2CCCC(F)(F)F)CCCC4)c2ccccc23)CC1. The van der Waals surface area contributed by atoms with E-state index in [1.807, 2.05) is 40.7 Å². The van der Waals surface area contributed by atoms with Gasteiger partial charge in [0.05, 0.1) is 12.2 Å². The molecule has 1 saturated heterocycles. The van der Waals surface area contributed by atoms with Gasteiger partial charge in [-0.15, -0.1) is 0 Å². The minimum absolute atomic E-state index is 0.0103. The molecule has 2 aliphatic heterocycles. The van der Waals surface area contributed by atoms with E-state index in [1.165, 1.54) is 0 Å². The van der Waals surface area contributed by atoms with E-state index < -0.39 is 18.0 Å². The summed E-state index contributed by atoms with van der Waals surface area (Å²) < 4.78 is 40.5. The number of fused-ring (bicyclic) bond motifs is 3. The van der Waals surface area contributed by atoms with Crippen LogP contribution in [0.3, 0.4) is 0 Å². The van der Waals surface area contributed by atoms with E-state index in [2.05, 4.69) is 0 Å². The number of hydrogen-bond donors (Lipinski definition) is 0. The fraction of sp³-hybridized carbons (Fsp3) is 0.593. The van der Waals surface area contributed by atoms with Gasteiger partial charge in [-0.2, -0.15) is 13.2 Å². The lowest BCUT2D eigenvalue weighted by Gasteiger charge is -2.47. The Kier molecular flexibility index (Phi) is 5.29. The van der Waals surface area contributed by atoms with Gasteiger partial charge in [-0.05, 0) is 56.6 Å². The number of benzene rings is 1. The Labute approximate surface area is 208 Å². The number of likely N-dealkylation sites (tertiary alicyclic amines) is 1. The number of nitrogens with zero attached hydrogens (tertiary/aromatic N) is 4. The van der Waals surface area contributed by atoms with Crippen LogP contribution in [0.5, 0.6) is 0 Å². The number of aryl methyl sites for hydroxylation is 1. The molecule has 36 heavy (non-hydrogen) atoms. The molecule has 9 heteroatoms. The number of halogens is 3. The zero-order valence-corrected chi connectivity index (χ0v) is 20.5. The van der Waals surface area contributed by atoms with Crippen LogP contribution in [0.2, 0.25) is 0 Å². The van der Waals surface area contributed by atoms with E-state index in [1.54, 1.807) is 4.90 Å². The maximum absolute atomic E-state index is 13.9. The monoisotopic (exact) mass is 500 g/mol. The van der Waals surface area contributed by atoms with Gasteiger partial charge in [0.25, 0.3) is 0 Å². The Morgan fingerprint density at radius 3 is 2.56 bits per heavy atom. The zero-order valence-electron chi connectivity index (χ0n) is 20.5. The third kappa shape index (κ3) is 3.73. The number of imidazole rings is 1. The van der Waals surface area contributed by atoms with Crippen molar-refractivity contribution in [2.75, 3.05) is 18.0 Å². The summed E-state index contributed by atoms with van der Waals surface area (Å²) in [5, 5.41) is 0. The summed E-state index contributed by atoms with van der Waals surface area (Å²) in [4.78, 5) is 35.2. The van der Waals surface area contributed by atoms with Crippen molar-refractivity contribution < 1.29 is 22.8 Å². The summed E-state index contributed by atoms with van der Waals surface area (Å²) in [5.41, 5.74) is 2.70. The lowest BCUT2D eigenvalue weighted by Crippen LogP contribution is -2.66. The number of rotatable bonds is 6. The van der Waals surface area contributed by atoms with Gasteiger partial charge < -0.3 is 14.4 Å². The molecule has 6 rings (SSSR count). The second-order valence-electron chi connectivity index (χ2n) is 11.2. The third-order valence-corrected chi connectivity index (χ3v) is 8.54. The number of hydrogen-bond acceptors (Lipinski definition) is 3. The number of para-hydroxylation sites is 1. The molecule has 0 radical (unpaired) electrons. The molecule has 192 valence electrons. The molecule has 0 bridgehead atoms. The van der Waals surface area contributed by atoms with E-state index in [0.29, 0.717) is 18.9 Å². The molecule has 0 unspecified atom stereocenters. The van der Waals surface area contributed by atoms with Gasteiger partial charge in [0, 0.05) is 42.9 Å². The lowest BCUT2D eigenvalue weighted by molar-refractivity contribution is -0.148. The standard InChI is InChI=1S/C27H31F3N4O2/c1-25(12-13-25)23(35)32-16-26(17-32)18-7-2-4-9-20(18)34(24(26)36)15-22-31-19-8-3-5-10-21(19)33(22)14-6-11-27(28,29)30/h2,4,7,9H,3,5-6,8,10-17H2,1H3. The van der Waals surface area contributed by atoms with Crippen LogP contribution in [0.4, 0.5) is 18.9 Å². The van der Waals surface area contributed by atoms with E-state index in [0.717, 1.165) is 61.2 Å². The first-order valence-electron chi connectivity index (χ1n) is 13.0. The number of aromatic nitrogens is 2. The zero-order chi connectivity index (χ0) is 25.3. The third-order valence-electron chi connectivity index (χ3n) is 8.54. The summed E-state index contributed by atoms with van der Waals surface area (Å²) in [6, 6.07) is 7.70. The van der Waals surface area contributed by atoms with Crippen molar-refractivity contribution in [3.05, 3.63) is 47.0 Å². The normalized spacial score (nSPS) is 21.4.